The Morgan fingerprint density at radius 2 is 2.00 bits per heavy atom. The van der Waals surface area contributed by atoms with Crippen LogP contribution in [0.15, 0.2) is 30.8 Å². The van der Waals surface area contributed by atoms with Gasteiger partial charge in [-0.15, -0.1) is 0 Å². The quantitative estimate of drug-likeness (QED) is 0.706. The Labute approximate surface area is 72.3 Å². The summed E-state index contributed by atoms with van der Waals surface area (Å²) in [5, 5.41) is 8.77. The van der Waals surface area contributed by atoms with E-state index < -0.39 is 0 Å². The van der Waals surface area contributed by atoms with Crippen molar-refractivity contribution < 1.29 is 5.11 Å². The van der Waals surface area contributed by atoms with Gasteiger partial charge in [0.1, 0.15) is 0 Å². The molecule has 0 aliphatic rings. The Morgan fingerprint density at radius 1 is 1.42 bits per heavy atom. The molecule has 1 aromatic carbocycles. The van der Waals surface area contributed by atoms with Crippen molar-refractivity contribution >= 4 is 6.08 Å². The van der Waals surface area contributed by atoms with Crippen molar-refractivity contribution in [1.82, 2.24) is 0 Å². The Hall–Kier alpha value is -1.12. The Kier molecular flexibility index (Phi) is 3.02. The lowest BCUT2D eigenvalue weighted by molar-refractivity contribution is 0.268. The van der Waals surface area contributed by atoms with Crippen LogP contribution < -0.4 is 5.73 Å². The molecule has 3 N–H and O–H groups in total. The topological polar surface area (TPSA) is 46.2 Å². The summed E-state index contributed by atoms with van der Waals surface area (Å²) in [6.45, 7) is 3.62. The minimum absolute atomic E-state index is 0.0204. The molecule has 1 aromatic rings. The second kappa shape index (κ2) is 4.04. The molecule has 0 aliphatic heterocycles. The van der Waals surface area contributed by atoms with Gasteiger partial charge in [0, 0.05) is 0 Å². The van der Waals surface area contributed by atoms with E-state index in [2.05, 4.69) is 6.58 Å². The lowest BCUT2D eigenvalue weighted by Crippen LogP contribution is -2.14. The highest BCUT2D eigenvalue weighted by Crippen LogP contribution is 2.11. The number of hydrogen-bond acceptors (Lipinski definition) is 2. The van der Waals surface area contributed by atoms with Gasteiger partial charge in [-0.05, 0) is 11.1 Å². The van der Waals surface area contributed by atoms with Crippen LogP contribution in [0.3, 0.4) is 0 Å². The molecule has 0 fully saturated rings. The SMILES string of the molecule is C=Cc1ccc(C(N)CO)cc1. The van der Waals surface area contributed by atoms with E-state index in [9.17, 15) is 0 Å². The lowest BCUT2D eigenvalue weighted by Gasteiger charge is -2.07. The number of rotatable bonds is 3. The smallest absolute Gasteiger partial charge is 0.0624 e. The van der Waals surface area contributed by atoms with E-state index in [0.29, 0.717) is 0 Å². The summed E-state index contributed by atoms with van der Waals surface area (Å²) in [6, 6.07) is 7.38. The molecular formula is C10H13NO. The van der Waals surface area contributed by atoms with Gasteiger partial charge in [0.2, 0.25) is 0 Å². The minimum Gasteiger partial charge on any atom is -0.394 e. The summed E-state index contributed by atoms with van der Waals surface area (Å²) in [5.41, 5.74) is 7.62. The maximum atomic E-state index is 8.77. The molecular weight excluding hydrogens is 150 g/mol. The normalized spacial score (nSPS) is 12.5. The molecule has 0 radical (unpaired) electrons. The zero-order chi connectivity index (χ0) is 8.97. The molecule has 0 aliphatic carbocycles. The largest absolute Gasteiger partial charge is 0.394 e. The third-order valence-corrected chi connectivity index (χ3v) is 1.80. The van der Waals surface area contributed by atoms with Gasteiger partial charge in [-0.3, -0.25) is 0 Å². The molecule has 1 unspecified atom stereocenters. The van der Waals surface area contributed by atoms with Crippen LogP contribution in [0, 0.1) is 0 Å². The lowest BCUT2D eigenvalue weighted by atomic mass is 10.1. The van der Waals surface area contributed by atoms with E-state index >= 15 is 0 Å². The van der Waals surface area contributed by atoms with Gasteiger partial charge in [0.05, 0.1) is 12.6 Å². The first kappa shape index (κ1) is 8.97. The predicted molar refractivity (Wildman–Crippen MR) is 50.5 cm³/mol. The van der Waals surface area contributed by atoms with Gasteiger partial charge >= 0.3 is 0 Å². The fraction of sp³-hybridized carbons (Fsp3) is 0.200. The zero-order valence-electron chi connectivity index (χ0n) is 6.90. The van der Waals surface area contributed by atoms with Gasteiger partial charge in [0.25, 0.3) is 0 Å². The van der Waals surface area contributed by atoms with Gasteiger partial charge in [-0.2, -0.15) is 0 Å². The third-order valence-electron chi connectivity index (χ3n) is 1.80. The number of benzene rings is 1. The molecule has 12 heavy (non-hydrogen) atoms. The standard InChI is InChI=1S/C10H13NO/c1-2-8-3-5-9(6-4-8)10(11)7-12/h2-6,10,12H,1,7,11H2. The molecule has 0 bridgehead atoms. The summed E-state index contributed by atoms with van der Waals surface area (Å²) < 4.78 is 0. The number of hydrogen-bond donors (Lipinski definition) is 2. The van der Waals surface area contributed by atoms with Crippen LogP contribution in [0.25, 0.3) is 6.08 Å². The average Bonchev–Trinajstić information content (AvgIpc) is 2.17. The van der Waals surface area contributed by atoms with E-state index in [4.69, 9.17) is 10.8 Å². The predicted octanol–water partition coefficient (Wildman–Crippen LogP) is 1.32. The van der Waals surface area contributed by atoms with Gasteiger partial charge in [-0.25, -0.2) is 0 Å². The van der Waals surface area contributed by atoms with Crippen LogP contribution in [0.4, 0.5) is 0 Å². The van der Waals surface area contributed by atoms with Gasteiger partial charge in [0.15, 0.2) is 0 Å². The van der Waals surface area contributed by atoms with E-state index in [-0.39, 0.29) is 12.6 Å². The molecule has 0 saturated heterocycles. The van der Waals surface area contributed by atoms with Crippen LogP contribution in [-0.4, -0.2) is 11.7 Å². The summed E-state index contributed by atoms with van der Waals surface area (Å²) in [6.07, 6.45) is 1.77. The van der Waals surface area contributed by atoms with E-state index in [1.807, 2.05) is 24.3 Å². The first-order valence-electron chi connectivity index (χ1n) is 3.86. The van der Waals surface area contributed by atoms with Crippen LogP contribution in [-0.2, 0) is 0 Å². The van der Waals surface area contributed by atoms with Crippen LogP contribution in [0.1, 0.15) is 17.2 Å². The number of aliphatic hydroxyl groups excluding tert-OH is 1. The molecule has 0 amide bonds. The minimum atomic E-state index is -0.274. The molecule has 64 valence electrons. The number of aliphatic hydroxyl groups is 1. The zero-order valence-corrected chi connectivity index (χ0v) is 6.90. The summed E-state index contributed by atoms with van der Waals surface area (Å²) >= 11 is 0. The van der Waals surface area contributed by atoms with Crippen molar-refractivity contribution in [2.45, 2.75) is 6.04 Å². The van der Waals surface area contributed by atoms with E-state index in [0.717, 1.165) is 11.1 Å². The molecule has 0 spiro atoms. The monoisotopic (exact) mass is 163 g/mol. The third kappa shape index (κ3) is 1.94. The fourth-order valence-corrected chi connectivity index (χ4v) is 0.985. The average molecular weight is 163 g/mol. The second-order valence-corrected chi connectivity index (χ2v) is 2.66. The fourth-order valence-electron chi connectivity index (χ4n) is 0.985. The van der Waals surface area contributed by atoms with Crippen molar-refractivity contribution in [2.75, 3.05) is 6.61 Å². The van der Waals surface area contributed by atoms with Crippen molar-refractivity contribution in [3.8, 4) is 0 Å². The molecule has 1 rings (SSSR count). The molecule has 0 heterocycles. The number of nitrogens with two attached hydrogens (primary N) is 1. The van der Waals surface area contributed by atoms with Crippen LogP contribution in [0.2, 0.25) is 0 Å². The second-order valence-electron chi connectivity index (χ2n) is 2.66. The Bertz CT molecular complexity index is 253. The molecule has 2 heteroatoms. The Morgan fingerprint density at radius 3 is 2.42 bits per heavy atom. The highest BCUT2D eigenvalue weighted by Gasteiger charge is 2.01. The van der Waals surface area contributed by atoms with E-state index in [1.54, 1.807) is 6.08 Å². The molecule has 0 aromatic heterocycles. The van der Waals surface area contributed by atoms with Crippen LogP contribution in [0.5, 0.6) is 0 Å². The van der Waals surface area contributed by atoms with Gasteiger partial charge in [-0.1, -0.05) is 36.9 Å². The molecule has 1 atom stereocenters. The Balaban J connectivity index is 2.84. The molecule has 2 nitrogen and oxygen atoms in total. The van der Waals surface area contributed by atoms with Crippen molar-refractivity contribution in [1.29, 1.82) is 0 Å². The van der Waals surface area contributed by atoms with Crippen molar-refractivity contribution in [3.05, 3.63) is 42.0 Å². The highest BCUT2D eigenvalue weighted by atomic mass is 16.3. The van der Waals surface area contributed by atoms with Crippen molar-refractivity contribution in [2.24, 2.45) is 5.73 Å². The van der Waals surface area contributed by atoms with Gasteiger partial charge < -0.3 is 10.8 Å². The summed E-state index contributed by atoms with van der Waals surface area (Å²) in [7, 11) is 0. The summed E-state index contributed by atoms with van der Waals surface area (Å²) in [4.78, 5) is 0. The van der Waals surface area contributed by atoms with Crippen LogP contribution >= 0.6 is 0 Å². The maximum absolute atomic E-state index is 8.77. The van der Waals surface area contributed by atoms with Crippen molar-refractivity contribution in [3.63, 3.8) is 0 Å². The molecule has 0 saturated carbocycles. The first-order valence-corrected chi connectivity index (χ1v) is 3.86. The summed E-state index contributed by atoms with van der Waals surface area (Å²) in [5.74, 6) is 0. The maximum Gasteiger partial charge on any atom is 0.0624 e. The van der Waals surface area contributed by atoms with E-state index in [1.165, 1.54) is 0 Å². The highest BCUT2D eigenvalue weighted by molar-refractivity contribution is 5.47. The first-order chi connectivity index (χ1) is 5.77.